The maximum absolute atomic E-state index is 5.92. The van der Waals surface area contributed by atoms with E-state index in [-0.39, 0.29) is 0 Å². The maximum atomic E-state index is 5.92. The van der Waals surface area contributed by atoms with Gasteiger partial charge < -0.3 is 5.73 Å². The molecule has 0 atom stereocenters. The molecule has 96 valence electrons. The van der Waals surface area contributed by atoms with Crippen molar-refractivity contribution in [2.24, 2.45) is 0 Å². The number of aromatic nitrogens is 2. The van der Waals surface area contributed by atoms with Gasteiger partial charge in [-0.25, -0.2) is 0 Å². The van der Waals surface area contributed by atoms with E-state index in [2.05, 4.69) is 25.0 Å². The highest BCUT2D eigenvalue weighted by molar-refractivity contribution is 6.33. The Kier molecular flexibility index (Phi) is 3.92. The van der Waals surface area contributed by atoms with E-state index < -0.39 is 0 Å². The first-order valence-electron chi connectivity index (χ1n) is 6.23. The molecule has 0 radical (unpaired) electrons. The van der Waals surface area contributed by atoms with Crippen LogP contribution < -0.4 is 5.73 Å². The zero-order chi connectivity index (χ0) is 13.1. The summed E-state index contributed by atoms with van der Waals surface area (Å²) >= 11 is 5.92. The fourth-order valence-electron chi connectivity index (χ4n) is 1.97. The largest absolute Gasteiger partial charge is 0.398 e. The fourth-order valence-corrected chi connectivity index (χ4v) is 2.09. The second-order valence-corrected chi connectivity index (χ2v) is 4.75. The van der Waals surface area contributed by atoms with E-state index in [0.29, 0.717) is 10.7 Å². The Morgan fingerprint density at radius 1 is 1.22 bits per heavy atom. The summed E-state index contributed by atoms with van der Waals surface area (Å²) in [5.74, 6) is 0. The van der Waals surface area contributed by atoms with Gasteiger partial charge in [-0.15, -0.1) is 0 Å². The molecule has 1 heterocycles. The molecule has 0 bridgehead atoms. The van der Waals surface area contributed by atoms with E-state index in [1.165, 1.54) is 5.69 Å². The number of nitrogens with zero attached hydrogens (tertiary/aromatic N) is 2. The summed E-state index contributed by atoms with van der Waals surface area (Å²) in [5, 5.41) is 5.19. The second kappa shape index (κ2) is 5.44. The molecule has 1 aromatic carbocycles. The summed E-state index contributed by atoms with van der Waals surface area (Å²) in [5.41, 5.74) is 9.94. The Bertz CT molecular complexity index is 546. The Hall–Kier alpha value is -1.48. The molecular formula is C14H18ClN3. The van der Waals surface area contributed by atoms with Gasteiger partial charge in [-0.3, -0.25) is 4.68 Å². The van der Waals surface area contributed by atoms with Crippen molar-refractivity contribution in [3.63, 3.8) is 0 Å². The molecular weight excluding hydrogens is 246 g/mol. The van der Waals surface area contributed by atoms with Crippen LogP contribution in [-0.2, 0) is 19.4 Å². The monoisotopic (exact) mass is 263 g/mol. The number of nitrogens with two attached hydrogens (primary N) is 1. The Morgan fingerprint density at radius 2 is 2.00 bits per heavy atom. The first-order valence-corrected chi connectivity index (χ1v) is 6.61. The number of halogens is 1. The van der Waals surface area contributed by atoms with Gasteiger partial charge in [0.2, 0.25) is 0 Å². The smallest absolute Gasteiger partial charge is 0.0663 e. The molecule has 0 fully saturated rings. The van der Waals surface area contributed by atoms with Gasteiger partial charge >= 0.3 is 0 Å². The van der Waals surface area contributed by atoms with E-state index in [0.717, 1.165) is 30.6 Å². The van der Waals surface area contributed by atoms with Crippen molar-refractivity contribution in [1.29, 1.82) is 0 Å². The fraction of sp³-hybridized carbons (Fsp3) is 0.357. The molecule has 0 spiro atoms. The lowest BCUT2D eigenvalue weighted by Gasteiger charge is -2.07. The lowest BCUT2D eigenvalue weighted by atomic mass is 10.2. The zero-order valence-electron chi connectivity index (χ0n) is 10.8. The van der Waals surface area contributed by atoms with Crippen molar-refractivity contribution in [2.45, 2.75) is 33.2 Å². The van der Waals surface area contributed by atoms with Crippen LogP contribution in [0, 0.1) is 0 Å². The highest BCUT2D eigenvalue weighted by atomic mass is 35.5. The molecule has 0 saturated heterocycles. The zero-order valence-corrected chi connectivity index (χ0v) is 11.5. The molecule has 2 N–H and O–H groups in total. The predicted octanol–water partition coefficient (Wildman–Crippen LogP) is 3.29. The highest BCUT2D eigenvalue weighted by Crippen LogP contribution is 2.20. The molecule has 3 nitrogen and oxygen atoms in total. The topological polar surface area (TPSA) is 43.8 Å². The van der Waals surface area contributed by atoms with Crippen LogP contribution in [0.2, 0.25) is 5.02 Å². The predicted molar refractivity (Wildman–Crippen MR) is 75.9 cm³/mol. The number of anilines is 1. The third-order valence-corrected chi connectivity index (χ3v) is 3.38. The number of aryl methyl sites for hydroxylation is 2. The van der Waals surface area contributed by atoms with Crippen LogP contribution in [0.5, 0.6) is 0 Å². The van der Waals surface area contributed by atoms with Gasteiger partial charge in [-0.1, -0.05) is 31.5 Å². The van der Waals surface area contributed by atoms with E-state index in [1.807, 2.05) is 22.9 Å². The van der Waals surface area contributed by atoms with Gasteiger partial charge in [0.25, 0.3) is 0 Å². The van der Waals surface area contributed by atoms with Crippen LogP contribution in [-0.4, -0.2) is 9.78 Å². The first-order chi connectivity index (χ1) is 8.63. The summed E-state index contributed by atoms with van der Waals surface area (Å²) in [6.45, 7) is 5.00. The molecule has 2 aromatic rings. The quantitative estimate of drug-likeness (QED) is 0.861. The van der Waals surface area contributed by atoms with Gasteiger partial charge in [0.15, 0.2) is 0 Å². The Labute approximate surface area is 113 Å². The number of hydrogen-bond donors (Lipinski definition) is 1. The van der Waals surface area contributed by atoms with Gasteiger partial charge in [0, 0.05) is 5.69 Å². The number of benzene rings is 1. The van der Waals surface area contributed by atoms with Crippen molar-refractivity contribution in [3.05, 3.63) is 46.2 Å². The normalized spacial score (nSPS) is 10.8. The number of nitrogen functional groups attached to an aromatic ring is 1. The third kappa shape index (κ3) is 2.67. The summed E-state index contributed by atoms with van der Waals surface area (Å²) in [7, 11) is 0. The molecule has 0 saturated carbocycles. The molecule has 0 aliphatic heterocycles. The van der Waals surface area contributed by atoms with E-state index >= 15 is 0 Å². The van der Waals surface area contributed by atoms with Crippen molar-refractivity contribution >= 4 is 17.3 Å². The highest BCUT2D eigenvalue weighted by Gasteiger charge is 2.06. The molecule has 4 heteroatoms. The lowest BCUT2D eigenvalue weighted by Crippen LogP contribution is -2.06. The molecule has 0 aliphatic rings. The minimum atomic E-state index is 0.601. The van der Waals surface area contributed by atoms with Crippen LogP contribution in [0.25, 0.3) is 0 Å². The molecule has 1 aromatic heterocycles. The number of rotatable bonds is 4. The first kappa shape index (κ1) is 13.0. The van der Waals surface area contributed by atoms with Crippen molar-refractivity contribution in [3.8, 4) is 0 Å². The van der Waals surface area contributed by atoms with E-state index in [1.54, 1.807) is 0 Å². The van der Waals surface area contributed by atoms with Gasteiger partial charge in [-0.2, -0.15) is 5.10 Å². The minimum absolute atomic E-state index is 0.601. The van der Waals surface area contributed by atoms with E-state index in [9.17, 15) is 0 Å². The van der Waals surface area contributed by atoms with Crippen LogP contribution in [0.1, 0.15) is 30.8 Å². The average molecular weight is 264 g/mol. The summed E-state index contributed by atoms with van der Waals surface area (Å²) in [4.78, 5) is 0. The summed E-state index contributed by atoms with van der Waals surface area (Å²) in [6.07, 6.45) is 1.94. The van der Waals surface area contributed by atoms with Crippen LogP contribution >= 0.6 is 11.6 Å². The Balaban J connectivity index is 2.27. The summed E-state index contributed by atoms with van der Waals surface area (Å²) in [6, 6.07) is 7.90. The van der Waals surface area contributed by atoms with Gasteiger partial charge in [0.1, 0.15) is 0 Å². The Morgan fingerprint density at radius 3 is 2.61 bits per heavy atom. The van der Waals surface area contributed by atoms with E-state index in [4.69, 9.17) is 17.3 Å². The summed E-state index contributed by atoms with van der Waals surface area (Å²) < 4.78 is 2.04. The average Bonchev–Trinajstić information content (AvgIpc) is 2.76. The van der Waals surface area contributed by atoms with Gasteiger partial charge in [-0.05, 0) is 36.6 Å². The molecule has 18 heavy (non-hydrogen) atoms. The van der Waals surface area contributed by atoms with Crippen molar-refractivity contribution < 1.29 is 0 Å². The second-order valence-electron chi connectivity index (χ2n) is 4.35. The lowest BCUT2D eigenvalue weighted by molar-refractivity contribution is 0.640. The maximum Gasteiger partial charge on any atom is 0.0663 e. The van der Waals surface area contributed by atoms with Crippen molar-refractivity contribution in [2.75, 3.05) is 5.73 Å². The minimum Gasteiger partial charge on any atom is -0.398 e. The SMILES string of the molecule is CCc1cc(CC)n(Cc2ccc(Cl)c(N)c2)n1. The number of hydrogen-bond acceptors (Lipinski definition) is 2. The standard InChI is InChI=1S/C14H18ClN3/c1-3-11-8-12(4-2)18(17-11)9-10-5-6-13(15)14(16)7-10/h5-8H,3-4,9,16H2,1-2H3. The molecule has 0 amide bonds. The third-order valence-electron chi connectivity index (χ3n) is 3.03. The van der Waals surface area contributed by atoms with Crippen LogP contribution in [0.3, 0.4) is 0 Å². The van der Waals surface area contributed by atoms with Crippen LogP contribution in [0.15, 0.2) is 24.3 Å². The molecule has 0 unspecified atom stereocenters. The van der Waals surface area contributed by atoms with Gasteiger partial charge in [0.05, 0.1) is 22.9 Å². The molecule has 0 aliphatic carbocycles. The van der Waals surface area contributed by atoms with Crippen LogP contribution in [0.4, 0.5) is 5.69 Å². The van der Waals surface area contributed by atoms with Crippen molar-refractivity contribution in [1.82, 2.24) is 9.78 Å². The molecule has 2 rings (SSSR count).